The van der Waals surface area contributed by atoms with Crippen LogP contribution in [0.15, 0.2) is 41.6 Å². The number of hydrogen-bond donors (Lipinski definition) is 1. The van der Waals surface area contributed by atoms with Crippen LogP contribution in [-0.4, -0.2) is 37.1 Å². The lowest BCUT2D eigenvalue weighted by molar-refractivity contribution is 0.214. The van der Waals surface area contributed by atoms with Crippen molar-refractivity contribution < 1.29 is 0 Å². The van der Waals surface area contributed by atoms with Gasteiger partial charge in [-0.2, -0.15) is 0 Å². The van der Waals surface area contributed by atoms with E-state index in [0.717, 1.165) is 19.6 Å². The Morgan fingerprint density at radius 2 is 1.95 bits per heavy atom. The van der Waals surface area contributed by atoms with Crippen molar-refractivity contribution in [2.45, 2.75) is 20.4 Å². The van der Waals surface area contributed by atoms with Gasteiger partial charge in [-0.05, 0) is 18.1 Å². The molecule has 1 atom stereocenters. The maximum Gasteiger partial charge on any atom is 0.0307 e. The van der Waals surface area contributed by atoms with E-state index in [4.69, 9.17) is 0 Å². The topological polar surface area (TPSA) is 18.5 Å². The highest BCUT2D eigenvalue weighted by atomic mass is 15.5. The SMILES string of the molecule is CC1=C(NN(C)C)[C@H](C)CN(Cc2ccccc2)C1. The van der Waals surface area contributed by atoms with Gasteiger partial charge in [0.2, 0.25) is 0 Å². The van der Waals surface area contributed by atoms with Crippen LogP contribution in [-0.2, 0) is 6.54 Å². The first-order valence-corrected chi connectivity index (χ1v) is 6.96. The van der Waals surface area contributed by atoms with Gasteiger partial charge in [-0.3, -0.25) is 4.90 Å². The molecule has 0 spiro atoms. The lowest BCUT2D eigenvalue weighted by Crippen LogP contribution is -2.42. The average molecular weight is 259 g/mol. The Hall–Kier alpha value is -1.32. The van der Waals surface area contributed by atoms with Crippen molar-refractivity contribution in [1.29, 1.82) is 0 Å². The van der Waals surface area contributed by atoms with Gasteiger partial charge >= 0.3 is 0 Å². The third kappa shape index (κ3) is 3.82. The van der Waals surface area contributed by atoms with E-state index in [1.54, 1.807) is 0 Å². The van der Waals surface area contributed by atoms with Crippen LogP contribution >= 0.6 is 0 Å². The maximum absolute atomic E-state index is 3.45. The molecule has 104 valence electrons. The summed E-state index contributed by atoms with van der Waals surface area (Å²) < 4.78 is 0. The van der Waals surface area contributed by atoms with E-state index in [0.29, 0.717) is 5.92 Å². The zero-order valence-corrected chi connectivity index (χ0v) is 12.5. The molecule has 0 aromatic heterocycles. The molecule has 0 amide bonds. The van der Waals surface area contributed by atoms with Crippen molar-refractivity contribution in [3.8, 4) is 0 Å². The summed E-state index contributed by atoms with van der Waals surface area (Å²) in [6.45, 7) is 7.74. The van der Waals surface area contributed by atoms with Crippen LogP contribution in [0.25, 0.3) is 0 Å². The molecule has 1 N–H and O–H groups in total. The molecule has 0 radical (unpaired) electrons. The normalized spacial score (nSPS) is 21.0. The monoisotopic (exact) mass is 259 g/mol. The van der Waals surface area contributed by atoms with Crippen LogP contribution in [0.1, 0.15) is 19.4 Å². The molecular formula is C16H25N3. The second-order valence-electron chi connectivity index (χ2n) is 5.76. The van der Waals surface area contributed by atoms with Gasteiger partial charge in [0.25, 0.3) is 0 Å². The smallest absolute Gasteiger partial charge is 0.0307 e. The molecule has 3 nitrogen and oxygen atoms in total. The van der Waals surface area contributed by atoms with Crippen LogP contribution in [0, 0.1) is 5.92 Å². The number of hydrazine groups is 1. The van der Waals surface area contributed by atoms with Crippen LogP contribution in [0.4, 0.5) is 0 Å². The summed E-state index contributed by atoms with van der Waals surface area (Å²) in [6.07, 6.45) is 0. The van der Waals surface area contributed by atoms with E-state index in [1.165, 1.54) is 16.8 Å². The predicted octanol–water partition coefficient (Wildman–Crippen LogP) is 2.48. The number of nitrogens with one attached hydrogen (secondary N) is 1. The Bertz CT molecular complexity index is 437. The van der Waals surface area contributed by atoms with Gasteiger partial charge in [0, 0.05) is 45.3 Å². The molecule has 1 aliphatic rings. The molecule has 0 aliphatic carbocycles. The van der Waals surface area contributed by atoms with Crippen LogP contribution in [0.5, 0.6) is 0 Å². The molecule has 1 aliphatic heterocycles. The molecule has 1 heterocycles. The van der Waals surface area contributed by atoms with Crippen LogP contribution in [0.2, 0.25) is 0 Å². The summed E-state index contributed by atoms with van der Waals surface area (Å²) in [5.41, 5.74) is 7.68. The Labute approximate surface area is 116 Å². The van der Waals surface area contributed by atoms with E-state index < -0.39 is 0 Å². The second kappa shape index (κ2) is 6.22. The molecule has 19 heavy (non-hydrogen) atoms. The second-order valence-corrected chi connectivity index (χ2v) is 5.76. The lowest BCUT2D eigenvalue weighted by atomic mass is 9.97. The fourth-order valence-electron chi connectivity index (χ4n) is 2.79. The number of nitrogens with zero attached hydrogens (tertiary/aromatic N) is 2. The number of benzene rings is 1. The molecule has 0 bridgehead atoms. The zero-order valence-electron chi connectivity index (χ0n) is 12.5. The van der Waals surface area contributed by atoms with E-state index in [2.05, 4.69) is 54.5 Å². The Balaban J connectivity index is 2.03. The average Bonchev–Trinajstić information content (AvgIpc) is 2.35. The highest BCUT2D eigenvalue weighted by Gasteiger charge is 2.23. The summed E-state index contributed by atoms with van der Waals surface area (Å²) in [5.74, 6) is 0.555. The Morgan fingerprint density at radius 1 is 1.26 bits per heavy atom. The molecule has 0 unspecified atom stereocenters. The first-order valence-electron chi connectivity index (χ1n) is 6.96. The molecule has 0 fully saturated rings. The summed E-state index contributed by atoms with van der Waals surface area (Å²) in [6, 6.07) is 10.7. The minimum Gasteiger partial charge on any atom is -0.323 e. The number of hydrogen-bond acceptors (Lipinski definition) is 3. The third-order valence-corrected chi connectivity index (χ3v) is 3.54. The van der Waals surface area contributed by atoms with Crippen molar-refractivity contribution in [1.82, 2.24) is 15.3 Å². The minimum atomic E-state index is 0.555. The van der Waals surface area contributed by atoms with Crippen molar-refractivity contribution in [2.75, 3.05) is 27.2 Å². The highest BCUT2D eigenvalue weighted by molar-refractivity contribution is 5.20. The van der Waals surface area contributed by atoms with E-state index in [-0.39, 0.29) is 0 Å². The van der Waals surface area contributed by atoms with Gasteiger partial charge in [-0.15, -0.1) is 0 Å². The minimum absolute atomic E-state index is 0.555. The maximum atomic E-state index is 3.45. The van der Waals surface area contributed by atoms with Gasteiger partial charge in [0.1, 0.15) is 0 Å². The van der Waals surface area contributed by atoms with Gasteiger partial charge in [-0.25, -0.2) is 5.01 Å². The van der Waals surface area contributed by atoms with Crippen molar-refractivity contribution in [3.05, 3.63) is 47.2 Å². The van der Waals surface area contributed by atoms with Gasteiger partial charge in [0.15, 0.2) is 0 Å². The first-order chi connectivity index (χ1) is 9.06. The Kier molecular flexibility index (Phi) is 4.61. The fourth-order valence-corrected chi connectivity index (χ4v) is 2.79. The first kappa shape index (κ1) is 14.1. The molecule has 1 aromatic carbocycles. The molecule has 3 heteroatoms. The molecule has 1 aromatic rings. The molecule has 0 saturated carbocycles. The summed E-state index contributed by atoms with van der Waals surface area (Å²) in [7, 11) is 4.09. The largest absolute Gasteiger partial charge is 0.323 e. The van der Waals surface area contributed by atoms with E-state index in [1.807, 2.05) is 19.1 Å². The predicted molar refractivity (Wildman–Crippen MR) is 80.4 cm³/mol. The summed E-state index contributed by atoms with van der Waals surface area (Å²) in [5, 5.41) is 2.03. The van der Waals surface area contributed by atoms with Crippen molar-refractivity contribution in [2.24, 2.45) is 5.92 Å². The van der Waals surface area contributed by atoms with Crippen LogP contribution < -0.4 is 5.43 Å². The van der Waals surface area contributed by atoms with Gasteiger partial charge in [0.05, 0.1) is 0 Å². The van der Waals surface area contributed by atoms with E-state index >= 15 is 0 Å². The van der Waals surface area contributed by atoms with E-state index in [9.17, 15) is 0 Å². The van der Waals surface area contributed by atoms with Crippen LogP contribution in [0.3, 0.4) is 0 Å². The summed E-state index contributed by atoms with van der Waals surface area (Å²) in [4.78, 5) is 2.52. The molecular weight excluding hydrogens is 234 g/mol. The zero-order chi connectivity index (χ0) is 13.8. The van der Waals surface area contributed by atoms with Gasteiger partial charge in [-0.1, -0.05) is 37.3 Å². The van der Waals surface area contributed by atoms with Crippen molar-refractivity contribution >= 4 is 0 Å². The van der Waals surface area contributed by atoms with Crippen molar-refractivity contribution in [3.63, 3.8) is 0 Å². The molecule has 0 saturated heterocycles. The Morgan fingerprint density at radius 3 is 2.53 bits per heavy atom. The fraction of sp³-hybridized carbons (Fsp3) is 0.500. The summed E-state index contributed by atoms with van der Waals surface area (Å²) >= 11 is 0. The third-order valence-electron chi connectivity index (χ3n) is 3.54. The quantitative estimate of drug-likeness (QED) is 0.838. The number of rotatable bonds is 4. The highest BCUT2D eigenvalue weighted by Crippen LogP contribution is 2.22. The standard InChI is InChI=1S/C16H25N3/c1-13-10-19(12-15-8-6-5-7-9-15)11-14(2)16(13)17-18(3)4/h5-9,13,17H,10-12H2,1-4H3/t13-/m1/s1. The lowest BCUT2D eigenvalue weighted by Gasteiger charge is -2.35. The van der Waals surface area contributed by atoms with Gasteiger partial charge < -0.3 is 5.43 Å². The molecule has 2 rings (SSSR count).